The number of carbonyl (C=O) groups is 2. The van der Waals surface area contributed by atoms with Crippen molar-refractivity contribution in [2.45, 2.75) is 44.4 Å². The van der Waals surface area contributed by atoms with E-state index in [1.165, 1.54) is 28.9 Å². The highest BCUT2D eigenvalue weighted by Crippen LogP contribution is 2.44. The maximum absolute atomic E-state index is 13.5. The number of likely N-dealkylation sites (tertiary alicyclic amines) is 1. The summed E-state index contributed by atoms with van der Waals surface area (Å²) in [4.78, 5) is 29.8. The smallest absolute Gasteiger partial charge is 0.264 e. The molecule has 2 N–H and O–H groups in total. The van der Waals surface area contributed by atoms with Crippen LogP contribution in [0.1, 0.15) is 36.0 Å². The van der Waals surface area contributed by atoms with E-state index in [0.29, 0.717) is 5.56 Å². The van der Waals surface area contributed by atoms with Gasteiger partial charge < -0.3 is 15.3 Å². The van der Waals surface area contributed by atoms with E-state index < -0.39 is 5.60 Å². The molecule has 2 amide bonds. The van der Waals surface area contributed by atoms with E-state index in [1.54, 1.807) is 17.0 Å². The van der Waals surface area contributed by atoms with Crippen LogP contribution in [-0.2, 0) is 21.7 Å². The highest BCUT2D eigenvalue weighted by molar-refractivity contribution is 6.09. The van der Waals surface area contributed by atoms with E-state index in [1.807, 2.05) is 12.1 Å². The molecule has 1 unspecified atom stereocenters. The fraction of sp³-hybridized carbons (Fsp3) is 0.357. The van der Waals surface area contributed by atoms with E-state index in [4.69, 9.17) is 0 Å². The van der Waals surface area contributed by atoms with Gasteiger partial charge in [-0.25, -0.2) is 0 Å². The third-order valence-electron chi connectivity index (χ3n) is 7.39. The minimum Gasteiger partial charge on any atom is -0.375 e. The Kier molecular flexibility index (Phi) is 5.88. The van der Waals surface area contributed by atoms with Crippen molar-refractivity contribution in [3.63, 3.8) is 0 Å². The first-order valence-corrected chi connectivity index (χ1v) is 12.0. The van der Waals surface area contributed by atoms with Crippen LogP contribution in [0, 0.1) is 6.92 Å². The SMILES string of the molecule is CNC(=O)CC1(O)C(=O)N(C2CCN(Cc3cccc4cccc(C)c34)CC2)c2ccccc21. The van der Waals surface area contributed by atoms with Gasteiger partial charge >= 0.3 is 0 Å². The summed E-state index contributed by atoms with van der Waals surface area (Å²) >= 11 is 0. The molecule has 0 aromatic heterocycles. The Labute approximate surface area is 200 Å². The fourth-order valence-corrected chi connectivity index (χ4v) is 5.64. The number of nitrogens with one attached hydrogen (secondary N) is 1. The molecular formula is C28H31N3O3. The van der Waals surface area contributed by atoms with Gasteiger partial charge in [0.05, 0.1) is 12.1 Å². The summed E-state index contributed by atoms with van der Waals surface area (Å²) in [6, 6.07) is 20.2. The van der Waals surface area contributed by atoms with Gasteiger partial charge in [0.1, 0.15) is 0 Å². The van der Waals surface area contributed by atoms with Crippen molar-refractivity contribution in [1.82, 2.24) is 10.2 Å². The molecule has 1 fully saturated rings. The van der Waals surface area contributed by atoms with E-state index in [9.17, 15) is 14.7 Å². The number of aryl methyl sites for hydroxylation is 1. The van der Waals surface area contributed by atoms with Gasteiger partial charge in [0.25, 0.3) is 5.91 Å². The lowest BCUT2D eigenvalue weighted by Gasteiger charge is -2.37. The lowest BCUT2D eigenvalue weighted by molar-refractivity contribution is -0.143. The van der Waals surface area contributed by atoms with Crippen LogP contribution < -0.4 is 10.2 Å². The Morgan fingerprint density at radius 3 is 2.50 bits per heavy atom. The van der Waals surface area contributed by atoms with Crippen LogP contribution in [0.3, 0.4) is 0 Å². The molecule has 3 aromatic rings. The zero-order valence-electron chi connectivity index (χ0n) is 19.8. The summed E-state index contributed by atoms with van der Waals surface area (Å²) in [7, 11) is 1.52. The minimum absolute atomic E-state index is 0.00198. The number of anilines is 1. The molecule has 6 nitrogen and oxygen atoms in total. The molecule has 176 valence electrons. The monoisotopic (exact) mass is 457 g/mol. The number of aliphatic hydroxyl groups is 1. The van der Waals surface area contributed by atoms with Crippen molar-refractivity contribution in [1.29, 1.82) is 0 Å². The third-order valence-corrected chi connectivity index (χ3v) is 7.39. The first-order valence-electron chi connectivity index (χ1n) is 12.0. The zero-order chi connectivity index (χ0) is 23.9. The van der Waals surface area contributed by atoms with Crippen molar-refractivity contribution in [3.8, 4) is 0 Å². The standard InChI is InChI=1S/C28H31N3O3/c1-19-7-5-8-20-9-6-10-21(26(19)20)18-30-15-13-22(14-16-30)31-24-12-4-3-11-23(24)28(34,27(31)33)17-25(32)29-2/h3-12,22,34H,13-18H2,1-2H3,(H,29,32). The third kappa shape index (κ3) is 3.77. The molecule has 1 saturated heterocycles. The fourth-order valence-electron chi connectivity index (χ4n) is 5.64. The summed E-state index contributed by atoms with van der Waals surface area (Å²) in [5.74, 6) is -0.742. The Morgan fingerprint density at radius 1 is 1.06 bits per heavy atom. The number of benzene rings is 3. The number of amides is 2. The van der Waals surface area contributed by atoms with E-state index in [0.717, 1.165) is 38.2 Å². The molecule has 0 aliphatic carbocycles. The van der Waals surface area contributed by atoms with Crippen LogP contribution in [0.4, 0.5) is 5.69 Å². The molecule has 2 aliphatic rings. The molecule has 2 aliphatic heterocycles. The second-order valence-corrected chi connectivity index (χ2v) is 9.50. The van der Waals surface area contributed by atoms with Crippen LogP contribution in [0.25, 0.3) is 10.8 Å². The molecule has 0 spiro atoms. The zero-order valence-corrected chi connectivity index (χ0v) is 19.8. The van der Waals surface area contributed by atoms with Gasteiger partial charge in [0.2, 0.25) is 5.91 Å². The quantitative estimate of drug-likeness (QED) is 0.615. The van der Waals surface area contributed by atoms with Gasteiger partial charge in [-0.1, -0.05) is 54.6 Å². The average Bonchev–Trinajstić information content (AvgIpc) is 3.06. The highest BCUT2D eigenvalue weighted by Gasteiger charge is 2.52. The van der Waals surface area contributed by atoms with Crippen LogP contribution in [-0.4, -0.2) is 48.0 Å². The molecule has 3 aromatic carbocycles. The maximum Gasteiger partial charge on any atom is 0.264 e. The first-order chi connectivity index (χ1) is 16.4. The summed E-state index contributed by atoms with van der Waals surface area (Å²) in [5, 5.41) is 16.5. The summed E-state index contributed by atoms with van der Waals surface area (Å²) in [6.07, 6.45) is 1.37. The van der Waals surface area contributed by atoms with Gasteiger partial charge in [0, 0.05) is 38.3 Å². The summed E-state index contributed by atoms with van der Waals surface area (Å²) < 4.78 is 0. The molecule has 5 rings (SSSR count). The van der Waals surface area contributed by atoms with E-state index in [-0.39, 0.29) is 24.3 Å². The molecule has 0 saturated carbocycles. The number of carbonyl (C=O) groups excluding carboxylic acids is 2. The second kappa shape index (κ2) is 8.85. The summed E-state index contributed by atoms with van der Waals surface area (Å²) in [6.45, 7) is 4.77. The van der Waals surface area contributed by atoms with E-state index in [2.05, 4.69) is 53.5 Å². The predicted molar refractivity (Wildman–Crippen MR) is 133 cm³/mol. The number of hydrogen-bond donors (Lipinski definition) is 2. The molecular weight excluding hydrogens is 426 g/mol. The average molecular weight is 458 g/mol. The van der Waals surface area contributed by atoms with Crippen LogP contribution in [0.15, 0.2) is 60.7 Å². The van der Waals surface area contributed by atoms with Gasteiger partial charge in [-0.05, 0) is 47.7 Å². The normalized spacial score (nSPS) is 21.1. The van der Waals surface area contributed by atoms with Crippen molar-refractivity contribution in [2.75, 3.05) is 25.0 Å². The van der Waals surface area contributed by atoms with Crippen molar-refractivity contribution < 1.29 is 14.7 Å². The van der Waals surface area contributed by atoms with Gasteiger partial charge in [0.15, 0.2) is 5.60 Å². The summed E-state index contributed by atoms with van der Waals surface area (Å²) in [5.41, 5.74) is 2.06. The van der Waals surface area contributed by atoms with Gasteiger partial charge in [-0.3, -0.25) is 14.5 Å². The van der Waals surface area contributed by atoms with Crippen molar-refractivity contribution in [2.24, 2.45) is 0 Å². The number of fused-ring (bicyclic) bond motifs is 2. The number of nitrogens with zero attached hydrogens (tertiary/aromatic N) is 2. The predicted octanol–water partition coefficient (Wildman–Crippen LogP) is 3.48. The van der Waals surface area contributed by atoms with Crippen molar-refractivity contribution in [3.05, 3.63) is 77.4 Å². The van der Waals surface area contributed by atoms with Gasteiger partial charge in [-0.2, -0.15) is 0 Å². The van der Waals surface area contributed by atoms with Crippen molar-refractivity contribution >= 4 is 28.3 Å². The largest absolute Gasteiger partial charge is 0.375 e. The van der Waals surface area contributed by atoms with Gasteiger partial charge in [-0.15, -0.1) is 0 Å². The van der Waals surface area contributed by atoms with Crippen LogP contribution in [0.2, 0.25) is 0 Å². The Hall–Kier alpha value is -3.22. The Bertz CT molecular complexity index is 1240. The maximum atomic E-state index is 13.5. The highest BCUT2D eigenvalue weighted by atomic mass is 16.3. The molecule has 0 bridgehead atoms. The van der Waals surface area contributed by atoms with Crippen LogP contribution in [0.5, 0.6) is 0 Å². The molecule has 2 heterocycles. The molecule has 34 heavy (non-hydrogen) atoms. The lowest BCUT2D eigenvalue weighted by atomic mass is 9.91. The Balaban J connectivity index is 1.34. The number of para-hydroxylation sites is 1. The van der Waals surface area contributed by atoms with Crippen LogP contribution >= 0.6 is 0 Å². The lowest BCUT2D eigenvalue weighted by Crippen LogP contribution is -2.50. The Morgan fingerprint density at radius 2 is 1.76 bits per heavy atom. The molecule has 0 radical (unpaired) electrons. The second-order valence-electron chi connectivity index (χ2n) is 9.50. The molecule has 6 heteroatoms. The number of rotatable bonds is 5. The topological polar surface area (TPSA) is 72.9 Å². The minimum atomic E-state index is -1.81. The first kappa shape index (κ1) is 22.6. The number of hydrogen-bond acceptors (Lipinski definition) is 4. The number of piperidine rings is 1. The van der Waals surface area contributed by atoms with E-state index >= 15 is 0 Å². The molecule has 1 atom stereocenters.